The Morgan fingerprint density at radius 3 is 1.93 bits per heavy atom. The van der Waals surface area contributed by atoms with Crippen LogP contribution in [0.15, 0.2) is 48.5 Å². The van der Waals surface area contributed by atoms with Crippen LogP contribution in [0.5, 0.6) is 0 Å². The maximum absolute atomic E-state index is 12.7. The zero-order chi connectivity index (χ0) is 20.4. The van der Waals surface area contributed by atoms with Crippen molar-refractivity contribution in [1.29, 1.82) is 0 Å². The summed E-state index contributed by atoms with van der Waals surface area (Å²) in [6.45, 7) is 3.43. The number of imide groups is 1. The average molecular weight is 400 g/mol. The van der Waals surface area contributed by atoms with E-state index < -0.39 is 29.7 Å². The number of benzene rings is 2. The smallest absolute Gasteiger partial charge is 0.269 e. The Labute approximate surface area is 166 Å². The molecule has 2 N–H and O–H groups in total. The molecule has 1 aliphatic heterocycles. The van der Waals surface area contributed by atoms with Gasteiger partial charge in [-0.15, -0.1) is 0 Å². The number of amides is 4. The van der Waals surface area contributed by atoms with Crippen molar-refractivity contribution in [1.82, 2.24) is 15.8 Å². The molecule has 0 fully saturated rings. The summed E-state index contributed by atoms with van der Waals surface area (Å²) < 4.78 is 0. The molecule has 0 saturated heterocycles. The normalized spacial score (nSPS) is 14.1. The van der Waals surface area contributed by atoms with Crippen molar-refractivity contribution < 1.29 is 19.2 Å². The van der Waals surface area contributed by atoms with Crippen LogP contribution in [0.2, 0.25) is 5.02 Å². The summed E-state index contributed by atoms with van der Waals surface area (Å²) in [4.78, 5) is 51.2. The van der Waals surface area contributed by atoms with Crippen LogP contribution in [0, 0.1) is 5.92 Å². The van der Waals surface area contributed by atoms with Gasteiger partial charge in [0.2, 0.25) is 0 Å². The summed E-state index contributed by atoms with van der Waals surface area (Å²) in [5.41, 5.74) is 5.42. The Morgan fingerprint density at radius 1 is 0.893 bits per heavy atom. The largest absolute Gasteiger partial charge is 0.271 e. The van der Waals surface area contributed by atoms with Gasteiger partial charge in [-0.3, -0.25) is 34.9 Å². The number of hydrazine groups is 1. The first-order valence-corrected chi connectivity index (χ1v) is 9.01. The Bertz CT molecular complexity index is 921. The second kappa shape index (κ2) is 7.82. The van der Waals surface area contributed by atoms with Gasteiger partial charge in [0.25, 0.3) is 23.6 Å². The van der Waals surface area contributed by atoms with Crippen LogP contribution in [0.1, 0.15) is 44.9 Å². The molecule has 8 heteroatoms. The van der Waals surface area contributed by atoms with E-state index in [1.807, 2.05) is 0 Å². The number of carbonyl (C=O) groups excluding carboxylic acids is 4. The van der Waals surface area contributed by atoms with E-state index in [-0.39, 0.29) is 17.0 Å². The van der Waals surface area contributed by atoms with Gasteiger partial charge in [-0.05, 0) is 42.3 Å². The fourth-order valence-electron chi connectivity index (χ4n) is 3.04. The van der Waals surface area contributed by atoms with Crippen LogP contribution in [-0.2, 0) is 4.79 Å². The molecular formula is C20H18ClN3O4. The minimum Gasteiger partial charge on any atom is -0.271 e. The third-order valence-corrected chi connectivity index (χ3v) is 4.66. The molecule has 1 aliphatic rings. The molecule has 4 amide bonds. The highest BCUT2D eigenvalue weighted by Gasteiger charge is 2.43. The lowest BCUT2D eigenvalue weighted by atomic mass is 10.0. The molecule has 144 valence electrons. The minimum atomic E-state index is -1.07. The average Bonchev–Trinajstić information content (AvgIpc) is 2.92. The number of hydrogen-bond donors (Lipinski definition) is 2. The highest BCUT2D eigenvalue weighted by atomic mass is 35.5. The number of halogens is 1. The van der Waals surface area contributed by atoms with E-state index >= 15 is 0 Å². The second-order valence-corrected chi connectivity index (χ2v) is 7.10. The molecule has 7 nitrogen and oxygen atoms in total. The van der Waals surface area contributed by atoms with Gasteiger partial charge in [-0.1, -0.05) is 37.6 Å². The zero-order valence-electron chi connectivity index (χ0n) is 15.2. The van der Waals surface area contributed by atoms with Crippen molar-refractivity contribution in [2.75, 3.05) is 0 Å². The van der Waals surface area contributed by atoms with E-state index in [4.69, 9.17) is 11.6 Å². The molecule has 1 unspecified atom stereocenters. The van der Waals surface area contributed by atoms with Gasteiger partial charge in [0.15, 0.2) is 0 Å². The highest BCUT2D eigenvalue weighted by Crippen LogP contribution is 2.27. The van der Waals surface area contributed by atoms with E-state index in [1.54, 1.807) is 50.2 Å². The second-order valence-electron chi connectivity index (χ2n) is 6.67. The van der Waals surface area contributed by atoms with Gasteiger partial charge in [-0.25, -0.2) is 0 Å². The van der Waals surface area contributed by atoms with Crippen LogP contribution in [0.4, 0.5) is 0 Å². The van der Waals surface area contributed by atoms with E-state index in [0.717, 1.165) is 4.90 Å². The third kappa shape index (κ3) is 3.61. The summed E-state index contributed by atoms with van der Waals surface area (Å²) in [5.74, 6) is -2.63. The van der Waals surface area contributed by atoms with Gasteiger partial charge in [0.1, 0.15) is 6.04 Å². The lowest BCUT2D eigenvalue weighted by Gasteiger charge is -2.28. The monoisotopic (exact) mass is 399 g/mol. The van der Waals surface area contributed by atoms with Crippen LogP contribution in [-0.4, -0.2) is 34.6 Å². The number of nitrogens with one attached hydrogen (secondary N) is 2. The van der Waals surface area contributed by atoms with E-state index in [1.165, 1.54) is 12.1 Å². The summed E-state index contributed by atoms with van der Waals surface area (Å²) >= 11 is 5.79. The van der Waals surface area contributed by atoms with Gasteiger partial charge >= 0.3 is 0 Å². The molecule has 0 aliphatic carbocycles. The molecule has 0 aromatic heterocycles. The molecule has 2 aromatic carbocycles. The van der Waals surface area contributed by atoms with Gasteiger partial charge in [0.05, 0.1) is 11.1 Å². The molecule has 0 radical (unpaired) electrons. The molecule has 0 bridgehead atoms. The molecular weight excluding hydrogens is 382 g/mol. The predicted octanol–water partition coefficient (Wildman–Crippen LogP) is 2.42. The van der Waals surface area contributed by atoms with Crippen LogP contribution < -0.4 is 10.9 Å². The van der Waals surface area contributed by atoms with Gasteiger partial charge < -0.3 is 0 Å². The van der Waals surface area contributed by atoms with Crippen LogP contribution in [0.3, 0.4) is 0 Å². The molecule has 28 heavy (non-hydrogen) atoms. The molecule has 0 spiro atoms. The van der Waals surface area contributed by atoms with Crippen molar-refractivity contribution in [3.63, 3.8) is 0 Å². The summed E-state index contributed by atoms with van der Waals surface area (Å²) in [6, 6.07) is 11.5. The number of nitrogens with zero attached hydrogens (tertiary/aromatic N) is 1. The molecule has 3 rings (SSSR count). The molecule has 1 heterocycles. The maximum Gasteiger partial charge on any atom is 0.269 e. The third-order valence-electron chi connectivity index (χ3n) is 4.41. The quantitative estimate of drug-likeness (QED) is 0.609. The SMILES string of the molecule is CC(C)C(C(=O)NNC(=O)c1ccc(Cl)cc1)N1C(=O)c2ccccc2C1=O. The lowest BCUT2D eigenvalue weighted by Crippen LogP contribution is -2.56. The number of fused-ring (bicyclic) bond motifs is 1. The fraction of sp³-hybridized carbons (Fsp3) is 0.200. The summed E-state index contributed by atoms with van der Waals surface area (Å²) in [6.07, 6.45) is 0. The topological polar surface area (TPSA) is 95.6 Å². The van der Waals surface area contributed by atoms with Gasteiger partial charge in [-0.2, -0.15) is 0 Å². The minimum absolute atomic E-state index is 0.260. The predicted molar refractivity (Wildman–Crippen MR) is 103 cm³/mol. The Balaban J connectivity index is 1.75. The van der Waals surface area contributed by atoms with Crippen molar-refractivity contribution >= 4 is 35.2 Å². The van der Waals surface area contributed by atoms with Gasteiger partial charge in [0, 0.05) is 10.6 Å². The fourth-order valence-corrected chi connectivity index (χ4v) is 3.17. The molecule has 1 atom stereocenters. The van der Waals surface area contributed by atoms with Crippen LogP contribution in [0.25, 0.3) is 0 Å². The van der Waals surface area contributed by atoms with Crippen LogP contribution >= 0.6 is 11.6 Å². The maximum atomic E-state index is 12.7. The lowest BCUT2D eigenvalue weighted by molar-refractivity contribution is -0.127. The molecule has 0 saturated carbocycles. The van der Waals surface area contributed by atoms with Crippen molar-refractivity contribution in [2.24, 2.45) is 5.92 Å². The number of rotatable bonds is 4. The Hall–Kier alpha value is -3.19. The first-order valence-electron chi connectivity index (χ1n) is 8.64. The van der Waals surface area contributed by atoms with Crippen molar-refractivity contribution in [2.45, 2.75) is 19.9 Å². The first-order chi connectivity index (χ1) is 13.3. The number of hydrogen-bond acceptors (Lipinski definition) is 4. The zero-order valence-corrected chi connectivity index (χ0v) is 16.0. The summed E-state index contributed by atoms with van der Waals surface area (Å²) in [5, 5.41) is 0.478. The Kier molecular flexibility index (Phi) is 5.46. The summed E-state index contributed by atoms with van der Waals surface area (Å²) in [7, 11) is 0. The Morgan fingerprint density at radius 2 is 1.43 bits per heavy atom. The standard InChI is InChI=1S/C20H18ClN3O4/c1-11(2)16(24-19(27)14-5-3-4-6-15(14)20(24)28)18(26)23-22-17(25)12-7-9-13(21)10-8-12/h3-11,16H,1-2H3,(H,22,25)(H,23,26). The van der Waals surface area contributed by atoms with Crippen molar-refractivity contribution in [3.05, 3.63) is 70.2 Å². The first kappa shape index (κ1) is 19.6. The molecule has 2 aromatic rings. The number of carbonyl (C=O) groups is 4. The van der Waals surface area contributed by atoms with E-state index in [9.17, 15) is 19.2 Å². The van der Waals surface area contributed by atoms with E-state index in [0.29, 0.717) is 10.6 Å². The van der Waals surface area contributed by atoms with E-state index in [2.05, 4.69) is 10.9 Å². The highest BCUT2D eigenvalue weighted by molar-refractivity contribution is 6.30. The van der Waals surface area contributed by atoms with Crippen molar-refractivity contribution in [3.8, 4) is 0 Å².